The van der Waals surface area contributed by atoms with E-state index in [0.29, 0.717) is 6.54 Å². The second kappa shape index (κ2) is 6.27. The quantitative estimate of drug-likeness (QED) is 0.876. The molecule has 2 aromatic rings. The van der Waals surface area contributed by atoms with E-state index >= 15 is 0 Å². The van der Waals surface area contributed by atoms with Crippen molar-refractivity contribution in [3.8, 4) is 0 Å². The van der Waals surface area contributed by atoms with Crippen LogP contribution in [-0.2, 0) is 4.79 Å². The van der Waals surface area contributed by atoms with E-state index in [4.69, 9.17) is 0 Å². The van der Waals surface area contributed by atoms with Crippen LogP contribution in [0.1, 0.15) is 27.5 Å². The molecule has 1 amide bonds. The minimum absolute atomic E-state index is 0.101. The average Bonchev–Trinajstić information content (AvgIpc) is 3.00. The summed E-state index contributed by atoms with van der Waals surface area (Å²) in [5.74, 6) is -2.24. The van der Waals surface area contributed by atoms with Crippen LogP contribution in [0.2, 0.25) is 0 Å². The SMILES string of the molecule is Cc1ccccc1[C@@H]1CN(C(=O)c2c[nH]c(=O)cn2)C[C@H]1C(=O)O. The number of aromatic amines is 1. The van der Waals surface area contributed by atoms with E-state index in [1.165, 1.54) is 11.1 Å². The number of H-pyrrole nitrogens is 1. The Morgan fingerprint density at radius 2 is 2.04 bits per heavy atom. The predicted octanol–water partition coefficient (Wildman–Crippen LogP) is 1.02. The van der Waals surface area contributed by atoms with E-state index in [1.807, 2.05) is 31.2 Å². The Hall–Kier alpha value is -2.96. The standard InChI is InChI=1S/C17H17N3O4/c1-10-4-2-3-5-11(10)12-8-20(9-13(12)17(23)24)16(22)14-6-19-15(21)7-18-14/h2-7,12-13H,8-9H2,1H3,(H,19,21)(H,23,24)/t12-,13+/m0/s1. The summed E-state index contributed by atoms with van der Waals surface area (Å²) in [6.07, 6.45) is 2.29. The molecule has 0 radical (unpaired) electrons. The van der Waals surface area contributed by atoms with E-state index in [-0.39, 0.29) is 24.1 Å². The molecule has 2 N–H and O–H groups in total. The first-order valence-corrected chi connectivity index (χ1v) is 7.59. The van der Waals surface area contributed by atoms with Crippen molar-refractivity contribution in [3.05, 3.63) is 63.8 Å². The molecule has 1 aliphatic heterocycles. The number of nitrogens with one attached hydrogen (secondary N) is 1. The summed E-state index contributed by atoms with van der Waals surface area (Å²) in [5.41, 5.74) is 1.65. The van der Waals surface area contributed by atoms with Gasteiger partial charge in [0.05, 0.1) is 12.1 Å². The highest BCUT2D eigenvalue weighted by Gasteiger charge is 2.41. The van der Waals surface area contributed by atoms with Crippen molar-refractivity contribution in [2.45, 2.75) is 12.8 Å². The van der Waals surface area contributed by atoms with Gasteiger partial charge in [0.25, 0.3) is 11.5 Å². The Labute approximate surface area is 138 Å². The molecule has 0 saturated carbocycles. The molecule has 1 fully saturated rings. The maximum atomic E-state index is 12.5. The Balaban J connectivity index is 1.89. The van der Waals surface area contributed by atoms with E-state index in [1.54, 1.807) is 0 Å². The van der Waals surface area contributed by atoms with Crippen molar-refractivity contribution < 1.29 is 14.7 Å². The van der Waals surface area contributed by atoms with Crippen molar-refractivity contribution in [3.63, 3.8) is 0 Å². The van der Waals surface area contributed by atoms with E-state index < -0.39 is 17.4 Å². The van der Waals surface area contributed by atoms with Crippen LogP contribution in [0, 0.1) is 12.8 Å². The average molecular weight is 327 g/mol. The number of aromatic nitrogens is 2. The summed E-state index contributed by atoms with van der Waals surface area (Å²) in [5, 5.41) is 9.54. The van der Waals surface area contributed by atoms with Gasteiger partial charge in [0.15, 0.2) is 0 Å². The van der Waals surface area contributed by atoms with Gasteiger partial charge in [0, 0.05) is 25.2 Å². The van der Waals surface area contributed by atoms with Crippen LogP contribution in [0.3, 0.4) is 0 Å². The monoisotopic (exact) mass is 327 g/mol. The molecular weight excluding hydrogens is 310 g/mol. The number of carbonyl (C=O) groups is 2. The lowest BCUT2D eigenvalue weighted by Gasteiger charge is -2.17. The summed E-state index contributed by atoms with van der Waals surface area (Å²) in [7, 11) is 0. The van der Waals surface area contributed by atoms with Gasteiger partial charge in [0.1, 0.15) is 5.69 Å². The van der Waals surface area contributed by atoms with Gasteiger partial charge in [-0.2, -0.15) is 0 Å². The van der Waals surface area contributed by atoms with Crippen molar-refractivity contribution >= 4 is 11.9 Å². The summed E-state index contributed by atoms with van der Waals surface area (Å²) in [6, 6.07) is 7.61. The van der Waals surface area contributed by atoms with Crippen LogP contribution < -0.4 is 5.56 Å². The molecule has 1 aromatic carbocycles. The van der Waals surface area contributed by atoms with E-state index in [0.717, 1.165) is 17.3 Å². The van der Waals surface area contributed by atoms with Gasteiger partial charge >= 0.3 is 5.97 Å². The fourth-order valence-corrected chi connectivity index (χ4v) is 3.16. The summed E-state index contributed by atoms with van der Waals surface area (Å²) >= 11 is 0. The number of carboxylic acid groups (broad SMARTS) is 1. The third-order valence-corrected chi connectivity index (χ3v) is 4.40. The maximum absolute atomic E-state index is 12.5. The number of hydrogen-bond donors (Lipinski definition) is 2. The third-order valence-electron chi connectivity index (χ3n) is 4.40. The lowest BCUT2D eigenvalue weighted by atomic mass is 9.86. The van der Waals surface area contributed by atoms with Crippen molar-refractivity contribution in [1.29, 1.82) is 0 Å². The molecule has 124 valence electrons. The van der Waals surface area contributed by atoms with Gasteiger partial charge in [-0.05, 0) is 18.1 Å². The Bertz CT molecular complexity index is 825. The molecule has 0 bridgehead atoms. The first kappa shape index (κ1) is 15.9. The number of likely N-dealkylation sites (tertiary alicyclic amines) is 1. The first-order chi connectivity index (χ1) is 11.5. The van der Waals surface area contributed by atoms with E-state index in [2.05, 4.69) is 9.97 Å². The zero-order chi connectivity index (χ0) is 17.3. The summed E-state index contributed by atoms with van der Waals surface area (Å²) in [4.78, 5) is 43.0. The largest absolute Gasteiger partial charge is 0.481 e. The number of amides is 1. The number of aryl methyl sites for hydroxylation is 1. The molecule has 7 heteroatoms. The van der Waals surface area contributed by atoms with Crippen molar-refractivity contribution in [2.75, 3.05) is 13.1 Å². The smallest absolute Gasteiger partial charge is 0.308 e. The van der Waals surface area contributed by atoms with Crippen LogP contribution >= 0.6 is 0 Å². The fraction of sp³-hybridized carbons (Fsp3) is 0.294. The molecule has 0 aliphatic carbocycles. The third kappa shape index (κ3) is 2.92. The molecule has 1 aromatic heterocycles. The van der Waals surface area contributed by atoms with Gasteiger partial charge < -0.3 is 15.0 Å². The molecule has 0 spiro atoms. The van der Waals surface area contributed by atoms with Crippen LogP contribution in [0.5, 0.6) is 0 Å². The zero-order valence-corrected chi connectivity index (χ0v) is 13.1. The van der Waals surface area contributed by atoms with Crippen LogP contribution in [-0.4, -0.2) is 44.9 Å². The molecule has 7 nitrogen and oxygen atoms in total. The van der Waals surface area contributed by atoms with Crippen LogP contribution in [0.4, 0.5) is 0 Å². The van der Waals surface area contributed by atoms with Crippen molar-refractivity contribution in [1.82, 2.24) is 14.9 Å². The van der Waals surface area contributed by atoms with Crippen LogP contribution in [0.15, 0.2) is 41.5 Å². The first-order valence-electron chi connectivity index (χ1n) is 7.59. The maximum Gasteiger partial charge on any atom is 0.308 e. The van der Waals surface area contributed by atoms with Gasteiger partial charge in [-0.1, -0.05) is 24.3 Å². The number of nitrogens with zero attached hydrogens (tertiary/aromatic N) is 2. The normalized spacial score (nSPS) is 20.1. The summed E-state index contributed by atoms with van der Waals surface area (Å²) < 4.78 is 0. The molecule has 1 saturated heterocycles. The highest BCUT2D eigenvalue weighted by Crippen LogP contribution is 2.35. The molecular formula is C17H17N3O4. The van der Waals surface area contributed by atoms with Gasteiger partial charge in [-0.25, -0.2) is 4.98 Å². The number of rotatable bonds is 3. The molecule has 1 aliphatic rings. The Morgan fingerprint density at radius 1 is 1.29 bits per heavy atom. The fourth-order valence-electron chi connectivity index (χ4n) is 3.16. The number of aliphatic carboxylic acids is 1. The molecule has 0 unspecified atom stereocenters. The molecule has 2 heterocycles. The lowest BCUT2D eigenvalue weighted by Crippen LogP contribution is -2.31. The Morgan fingerprint density at radius 3 is 2.67 bits per heavy atom. The minimum atomic E-state index is -0.923. The molecule has 24 heavy (non-hydrogen) atoms. The Kier molecular flexibility index (Phi) is 4.16. The van der Waals surface area contributed by atoms with Gasteiger partial charge in [-0.15, -0.1) is 0 Å². The highest BCUT2D eigenvalue weighted by molar-refractivity contribution is 5.92. The number of carbonyl (C=O) groups excluding carboxylic acids is 1. The van der Waals surface area contributed by atoms with Gasteiger partial charge in [0.2, 0.25) is 0 Å². The van der Waals surface area contributed by atoms with Crippen LogP contribution in [0.25, 0.3) is 0 Å². The zero-order valence-electron chi connectivity index (χ0n) is 13.1. The summed E-state index contributed by atoms with van der Waals surface area (Å²) in [6.45, 7) is 2.36. The predicted molar refractivity (Wildman–Crippen MR) is 85.8 cm³/mol. The second-order valence-electron chi connectivity index (χ2n) is 5.91. The number of hydrogen-bond acceptors (Lipinski definition) is 4. The second-order valence-corrected chi connectivity index (χ2v) is 5.91. The number of carboxylic acids is 1. The number of benzene rings is 1. The minimum Gasteiger partial charge on any atom is -0.481 e. The molecule has 2 atom stereocenters. The highest BCUT2D eigenvalue weighted by atomic mass is 16.4. The van der Waals surface area contributed by atoms with Gasteiger partial charge in [-0.3, -0.25) is 14.4 Å². The lowest BCUT2D eigenvalue weighted by molar-refractivity contribution is -0.141. The molecule has 3 rings (SSSR count). The van der Waals surface area contributed by atoms with E-state index in [9.17, 15) is 19.5 Å². The van der Waals surface area contributed by atoms with Crippen molar-refractivity contribution in [2.24, 2.45) is 5.92 Å². The topological polar surface area (TPSA) is 103 Å².